The van der Waals surface area contributed by atoms with Crippen LogP contribution in [-0.2, 0) is 71.7 Å². The van der Waals surface area contributed by atoms with Crippen molar-refractivity contribution in [3.63, 3.8) is 0 Å². The second-order valence-corrected chi connectivity index (χ2v) is 14.2. The average molecular weight is 691 g/mol. The minimum atomic E-state index is -0.256. The first-order valence-electron chi connectivity index (χ1n) is 16.0. The molecule has 0 bridgehead atoms. The van der Waals surface area contributed by atoms with E-state index in [-0.39, 0.29) is 58.7 Å². The van der Waals surface area contributed by atoms with Crippen molar-refractivity contribution in [2.24, 2.45) is 5.92 Å². The number of aryl methyl sites for hydroxylation is 2. The maximum Gasteiger partial charge on any atom is 0.246 e. The van der Waals surface area contributed by atoms with Crippen molar-refractivity contribution >= 4 is 44.1 Å². The van der Waals surface area contributed by atoms with E-state index in [1.807, 2.05) is 26.3 Å². The minimum Gasteiger partial charge on any atom is -0.377 e. The number of carbonyl (C=O) groups is 4. The molecule has 1 unspecified atom stereocenters. The van der Waals surface area contributed by atoms with Gasteiger partial charge in [0.2, 0.25) is 17.7 Å². The number of ketones is 1. The topological polar surface area (TPSA) is 172 Å². The van der Waals surface area contributed by atoms with Gasteiger partial charge in [-0.2, -0.15) is 0 Å². The maximum atomic E-state index is 12.0. The lowest BCUT2D eigenvalue weighted by Gasteiger charge is -2.09. The SMILES string of the molecule is CC(C)C(=O)CCc1cn(CCCCC(=O)NCCOCCOCC(=O)NCCOCCOCC(=O)NCCCCS(C)=S)nn1. The summed E-state index contributed by atoms with van der Waals surface area (Å²) in [6.45, 7) is 7.59. The number of hydrogen-bond donors (Lipinski definition) is 3. The number of nitrogens with one attached hydrogen (secondary N) is 3. The maximum absolute atomic E-state index is 12.0. The van der Waals surface area contributed by atoms with Gasteiger partial charge in [-0.15, -0.1) is 14.6 Å². The smallest absolute Gasteiger partial charge is 0.246 e. The standard InChI is InChI=1S/C30H54N6O8S2/c1-25(2)27(37)10-9-26-22-36(35-34-26)14-6-4-8-28(38)32-12-15-41-17-20-44-24-30(40)33-13-16-42-18-19-43-23-29(39)31-11-5-7-21-46(3)45/h22,25H,4-21,23-24H2,1-3H3,(H,31,39)(H,32,38)(H,33,40). The molecule has 0 saturated carbocycles. The molecule has 1 aromatic rings. The molecule has 46 heavy (non-hydrogen) atoms. The number of Topliss-reactive ketones (excluding diaryl/α,β-unsaturated/α-hetero) is 1. The van der Waals surface area contributed by atoms with Gasteiger partial charge < -0.3 is 34.9 Å². The molecular formula is C30H54N6O8S2. The van der Waals surface area contributed by atoms with Crippen molar-refractivity contribution in [1.29, 1.82) is 0 Å². The van der Waals surface area contributed by atoms with Crippen molar-refractivity contribution in [3.05, 3.63) is 11.9 Å². The number of unbranched alkanes of at least 4 members (excludes halogenated alkanes) is 2. The van der Waals surface area contributed by atoms with Crippen molar-refractivity contribution in [1.82, 2.24) is 30.9 Å². The molecule has 1 aromatic heterocycles. The van der Waals surface area contributed by atoms with Gasteiger partial charge >= 0.3 is 0 Å². The third-order valence-corrected chi connectivity index (χ3v) is 7.79. The summed E-state index contributed by atoms with van der Waals surface area (Å²) in [4.78, 5) is 47.2. The van der Waals surface area contributed by atoms with Crippen LogP contribution in [0.5, 0.6) is 0 Å². The van der Waals surface area contributed by atoms with Crippen LogP contribution in [0, 0.1) is 5.92 Å². The van der Waals surface area contributed by atoms with Crippen LogP contribution in [0.2, 0.25) is 0 Å². The number of aromatic nitrogens is 3. The molecule has 0 spiro atoms. The van der Waals surface area contributed by atoms with E-state index in [2.05, 4.69) is 26.3 Å². The molecule has 0 fully saturated rings. The van der Waals surface area contributed by atoms with Crippen LogP contribution >= 0.6 is 0 Å². The summed E-state index contributed by atoms with van der Waals surface area (Å²) in [6, 6.07) is 0. The summed E-state index contributed by atoms with van der Waals surface area (Å²) in [7, 11) is 0.0283. The predicted molar refractivity (Wildman–Crippen MR) is 179 cm³/mol. The van der Waals surface area contributed by atoms with Crippen LogP contribution in [0.25, 0.3) is 0 Å². The fraction of sp³-hybridized carbons (Fsp3) is 0.800. The zero-order valence-corrected chi connectivity index (χ0v) is 29.4. The van der Waals surface area contributed by atoms with Crippen molar-refractivity contribution < 1.29 is 38.1 Å². The predicted octanol–water partition coefficient (Wildman–Crippen LogP) is 0.511. The van der Waals surface area contributed by atoms with Gasteiger partial charge in [0.25, 0.3) is 0 Å². The van der Waals surface area contributed by atoms with Gasteiger partial charge in [0.05, 0.1) is 45.3 Å². The van der Waals surface area contributed by atoms with Crippen LogP contribution in [0.15, 0.2) is 6.20 Å². The third kappa shape index (κ3) is 24.8. The number of rotatable bonds is 30. The van der Waals surface area contributed by atoms with Gasteiger partial charge in [-0.3, -0.25) is 23.9 Å². The van der Waals surface area contributed by atoms with Gasteiger partial charge in [0, 0.05) is 57.6 Å². The molecule has 1 atom stereocenters. The molecule has 16 heteroatoms. The van der Waals surface area contributed by atoms with Crippen LogP contribution in [0.4, 0.5) is 0 Å². The second kappa shape index (κ2) is 27.7. The normalized spacial score (nSPS) is 11.8. The molecule has 264 valence electrons. The van der Waals surface area contributed by atoms with E-state index in [0.29, 0.717) is 78.5 Å². The number of carbonyl (C=O) groups excluding carboxylic acids is 4. The van der Waals surface area contributed by atoms with Gasteiger partial charge in [0.1, 0.15) is 19.0 Å². The highest BCUT2D eigenvalue weighted by atomic mass is 32.8. The first-order valence-corrected chi connectivity index (χ1v) is 18.7. The van der Waals surface area contributed by atoms with Gasteiger partial charge in [-0.25, -0.2) is 0 Å². The first kappa shape index (κ1) is 41.7. The highest BCUT2D eigenvalue weighted by Gasteiger charge is 2.09. The number of hydrogen-bond acceptors (Lipinski definition) is 11. The summed E-state index contributed by atoms with van der Waals surface area (Å²) < 4.78 is 23.1. The third-order valence-electron chi connectivity index (χ3n) is 6.43. The Morgan fingerprint density at radius 1 is 0.783 bits per heavy atom. The minimum absolute atomic E-state index is 0.00585. The molecule has 3 amide bonds. The highest BCUT2D eigenvalue weighted by Crippen LogP contribution is 2.05. The fourth-order valence-corrected chi connectivity index (χ4v) is 4.77. The van der Waals surface area contributed by atoms with Crippen LogP contribution < -0.4 is 16.0 Å². The highest BCUT2D eigenvalue weighted by molar-refractivity contribution is 8.28. The zero-order chi connectivity index (χ0) is 33.8. The van der Waals surface area contributed by atoms with Gasteiger partial charge in [-0.05, 0) is 37.7 Å². The molecule has 0 aliphatic carbocycles. The largest absolute Gasteiger partial charge is 0.377 e. The Morgan fingerprint density at radius 2 is 1.37 bits per heavy atom. The average Bonchev–Trinajstić information content (AvgIpc) is 3.47. The van der Waals surface area contributed by atoms with Crippen molar-refractivity contribution in [2.45, 2.75) is 65.3 Å². The molecule has 0 aliphatic rings. The first-order chi connectivity index (χ1) is 22.2. The van der Waals surface area contributed by atoms with Crippen LogP contribution in [-0.4, -0.2) is 123 Å². The van der Waals surface area contributed by atoms with E-state index in [4.69, 9.17) is 30.1 Å². The Morgan fingerprint density at radius 3 is 1.98 bits per heavy atom. The lowest BCUT2D eigenvalue weighted by molar-refractivity contribution is -0.127. The molecule has 1 heterocycles. The summed E-state index contributed by atoms with van der Waals surface area (Å²) >= 11 is 5.13. The monoisotopic (exact) mass is 690 g/mol. The van der Waals surface area contributed by atoms with E-state index < -0.39 is 0 Å². The fourth-order valence-electron chi connectivity index (χ4n) is 3.81. The van der Waals surface area contributed by atoms with Crippen LogP contribution in [0.3, 0.4) is 0 Å². The Bertz CT molecular complexity index is 1030. The van der Waals surface area contributed by atoms with E-state index in [9.17, 15) is 19.2 Å². The zero-order valence-electron chi connectivity index (χ0n) is 27.7. The summed E-state index contributed by atoms with van der Waals surface area (Å²) in [6.07, 6.45) is 8.82. The molecule has 0 radical (unpaired) electrons. The van der Waals surface area contributed by atoms with E-state index in [0.717, 1.165) is 37.1 Å². The van der Waals surface area contributed by atoms with Crippen LogP contribution in [0.1, 0.15) is 58.1 Å². The van der Waals surface area contributed by atoms with Gasteiger partial charge in [-0.1, -0.05) is 30.2 Å². The molecule has 1 rings (SSSR count). The quantitative estimate of drug-likeness (QED) is 0.0961. The number of amides is 3. The summed E-state index contributed by atoms with van der Waals surface area (Å²) in [5, 5.41) is 16.5. The molecule has 0 saturated heterocycles. The number of nitrogens with zero attached hydrogens (tertiary/aromatic N) is 3. The Labute approximate surface area is 280 Å². The second-order valence-electron chi connectivity index (χ2n) is 10.9. The Balaban J connectivity index is 1.85. The summed E-state index contributed by atoms with van der Waals surface area (Å²) in [5.41, 5.74) is 0.806. The molecule has 0 aromatic carbocycles. The Kier molecular flexibility index (Phi) is 25.1. The molecule has 3 N–H and O–H groups in total. The molecule has 0 aliphatic heterocycles. The number of ether oxygens (including phenoxy) is 4. The van der Waals surface area contributed by atoms with E-state index >= 15 is 0 Å². The van der Waals surface area contributed by atoms with Crippen molar-refractivity contribution in [3.8, 4) is 0 Å². The Hall–Kier alpha value is -2.37. The van der Waals surface area contributed by atoms with E-state index in [1.54, 1.807) is 4.68 Å². The lowest BCUT2D eigenvalue weighted by Crippen LogP contribution is -2.31. The van der Waals surface area contributed by atoms with Gasteiger partial charge in [0.15, 0.2) is 0 Å². The summed E-state index contributed by atoms with van der Waals surface area (Å²) in [5.74, 6) is 0.817. The molecular weight excluding hydrogens is 636 g/mol. The molecule has 14 nitrogen and oxygen atoms in total. The van der Waals surface area contributed by atoms with Crippen molar-refractivity contribution in [2.75, 3.05) is 84.5 Å². The van der Waals surface area contributed by atoms with E-state index in [1.165, 1.54) is 0 Å². The lowest BCUT2D eigenvalue weighted by atomic mass is 10.0.